The van der Waals surface area contributed by atoms with E-state index in [4.69, 9.17) is 11.5 Å². The van der Waals surface area contributed by atoms with Gasteiger partial charge in [-0.25, -0.2) is 0 Å². The molecule has 0 saturated heterocycles. The van der Waals surface area contributed by atoms with Crippen LogP contribution in [-0.4, -0.2) is 17.0 Å². The second-order valence-electron chi connectivity index (χ2n) is 11.4. The van der Waals surface area contributed by atoms with Gasteiger partial charge in [0.2, 0.25) is 0 Å². The summed E-state index contributed by atoms with van der Waals surface area (Å²) in [6, 6.07) is 9.07. The van der Waals surface area contributed by atoms with E-state index in [-0.39, 0.29) is 12.1 Å². The summed E-state index contributed by atoms with van der Waals surface area (Å²) < 4.78 is 2.14. The molecule has 34 heavy (non-hydrogen) atoms. The maximum absolute atomic E-state index is 6.90. The fraction of sp³-hybridized carbons (Fsp3) is 0.600. The minimum absolute atomic E-state index is 0.0888. The van der Waals surface area contributed by atoms with Crippen LogP contribution in [0.1, 0.15) is 136 Å². The zero-order chi connectivity index (χ0) is 25.9. The Morgan fingerprint density at radius 1 is 0.588 bits per heavy atom. The zero-order valence-corrected chi connectivity index (χ0v) is 24.3. The van der Waals surface area contributed by atoms with Crippen LogP contribution in [0.2, 0.25) is 0 Å². The molecule has 0 aromatic heterocycles. The molecule has 2 rings (SSSR count). The van der Waals surface area contributed by atoms with Gasteiger partial charge >= 0.3 is 218 Å². The van der Waals surface area contributed by atoms with Crippen molar-refractivity contribution in [3.63, 3.8) is 0 Å². The quantitative estimate of drug-likeness (QED) is 0.334. The predicted molar refractivity (Wildman–Crippen MR) is 144 cm³/mol. The van der Waals surface area contributed by atoms with Crippen LogP contribution in [0.25, 0.3) is 0 Å². The van der Waals surface area contributed by atoms with Crippen molar-refractivity contribution in [1.82, 2.24) is 3.92 Å². The van der Waals surface area contributed by atoms with Gasteiger partial charge in [0.05, 0.1) is 0 Å². The van der Waals surface area contributed by atoms with E-state index < -0.39 is 0 Å². The predicted octanol–water partition coefficient (Wildman–Crippen LogP) is 7.26. The summed E-state index contributed by atoms with van der Waals surface area (Å²) in [5.41, 5.74) is 24.5. The summed E-state index contributed by atoms with van der Waals surface area (Å²) >= 11 is 3.82. The van der Waals surface area contributed by atoms with Crippen molar-refractivity contribution in [3.8, 4) is 0 Å². The molecule has 0 fully saturated rings. The monoisotopic (exact) mass is 505 g/mol. The fourth-order valence-electron chi connectivity index (χ4n) is 5.16. The van der Waals surface area contributed by atoms with Crippen molar-refractivity contribution >= 4 is 0 Å². The Morgan fingerprint density at radius 3 is 1.03 bits per heavy atom. The Hall–Kier alpha value is -1.16. The van der Waals surface area contributed by atoms with Gasteiger partial charge in [-0.15, -0.1) is 0 Å². The molecule has 4 heteroatoms. The van der Waals surface area contributed by atoms with Gasteiger partial charge in [0.15, 0.2) is 0 Å². The number of nitrogens with two attached hydrogens (primary N) is 2. The second-order valence-corrected chi connectivity index (χ2v) is 12.1. The van der Waals surface area contributed by atoms with Gasteiger partial charge in [0.1, 0.15) is 0 Å². The molecule has 0 amide bonds. The minimum atomic E-state index is -0.0888. The van der Waals surface area contributed by atoms with Gasteiger partial charge < -0.3 is 0 Å². The fourth-order valence-corrected chi connectivity index (χ4v) is 5.62. The number of nitrogens with zero attached hydrogens (tertiary/aromatic N) is 1. The molecule has 2 aromatic carbocycles. The molecule has 4 N–H and O–H groups in total. The van der Waals surface area contributed by atoms with Crippen molar-refractivity contribution in [1.29, 1.82) is 0 Å². The molecule has 0 heterocycles. The van der Waals surface area contributed by atoms with Crippen molar-refractivity contribution in [2.45, 2.75) is 105 Å². The van der Waals surface area contributed by atoms with Crippen molar-refractivity contribution < 1.29 is 16.2 Å². The van der Waals surface area contributed by atoms with Gasteiger partial charge in [0, 0.05) is 0 Å². The molecule has 0 aliphatic heterocycles. The SMILES string of the molecule is Cc1cc(C(C)C)c(C(N)C[N]([Mn])CC(N)c2c(C(C)C)cc(C)cc2C(C)C)c(C(C)C)c1. The summed E-state index contributed by atoms with van der Waals surface area (Å²) in [6.07, 6.45) is 0. The van der Waals surface area contributed by atoms with Gasteiger partial charge in [-0.05, 0) is 0 Å². The summed E-state index contributed by atoms with van der Waals surface area (Å²) in [6.45, 7) is 23.8. The molecule has 190 valence electrons. The number of benzene rings is 2. The number of rotatable bonds is 10. The van der Waals surface area contributed by atoms with Crippen LogP contribution in [0.5, 0.6) is 0 Å². The number of hydrogen-bond donors (Lipinski definition) is 2. The van der Waals surface area contributed by atoms with E-state index in [0.717, 1.165) is 0 Å². The van der Waals surface area contributed by atoms with Crippen LogP contribution in [-0.2, 0) is 16.2 Å². The second kappa shape index (κ2) is 12.2. The molecule has 0 spiro atoms. The van der Waals surface area contributed by atoms with E-state index >= 15 is 0 Å². The molecule has 2 aromatic rings. The Kier molecular flexibility index (Phi) is 10.4. The number of hydrogen-bond acceptors (Lipinski definition) is 3. The van der Waals surface area contributed by atoms with Crippen molar-refractivity contribution in [2.75, 3.05) is 13.1 Å². The van der Waals surface area contributed by atoms with Crippen molar-refractivity contribution in [2.24, 2.45) is 11.5 Å². The Labute approximate surface area is 218 Å². The van der Waals surface area contributed by atoms with E-state index in [1.165, 1.54) is 44.5 Å². The molecule has 0 aliphatic rings. The van der Waals surface area contributed by atoms with Gasteiger partial charge in [-0.3, -0.25) is 0 Å². The molecule has 3 nitrogen and oxygen atoms in total. The topological polar surface area (TPSA) is 55.3 Å². The molecule has 2 atom stereocenters. The summed E-state index contributed by atoms with van der Waals surface area (Å²) in [5, 5.41) is 0. The molecule has 0 saturated carbocycles. The molecular formula is C30H48MnN3. The molecule has 0 bridgehead atoms. The van der Waals surface area contributed by atoms with E-state index in [0.29, 0.717) is 36.8 Å². The first-order valence-corrected chi connectivity index (χ1v) is 13.5. The summed E-state index contributed by atoms with van der Waals surface area (Å²) in [7, 11) is 0. The average molecular weight is 506 g/mol. The zero-order valence-electron chi connectivity index (χ0n) is 23.2. The molecule has 2 unspecified atom stereocenters. The molecular weight excluding hydrogens is 457 g/mol. The standard InChI is InChI=1S/C30H48N3.Mn/c1-17(2)23-11-21(9)12-24(18(3)4)29(23)27(31)15-33-16-28(32)30-25(19(5)6)13-22(10)14-26(30)20(7)8;/h11-14,17-20,27-28H,15-16,31-32H2,1-10H3;/q-1;+1. The van der Waals surface area contributed by atoms with E-state index in [2.05, 4.69) is 114 Å². The average Bonchev–Trinajstić information content (AvgIpc) is 2.71. The van der Waals surface area contributed by atoms with E-state index in [1.807, 2.05) is 0 Å². The van der Waals surface area contributed by atoms with Crippen LogP contribution in [0.4, 0.5) is 0 Å². The summed E-state index contributed by atoms with van der Waals surface area (Å²) in [4.78, 5) is 0. The molecule has 0 aliphatic carbocycles. The first kappa shape index (κ1) is 29.1. The first-order chi connectivity index (χ1) is 15.7. The van der Waals surface area contributed by atoms with Crippen LogP contribution in [0.15, 0.2) is 24.3 Å². The normalized spacial score (nSPS) is 14.2. The van der Waals surface area contributed by atoms with E-state index in [9.17, 15) is 0 Å². The van der Waals surface area contributed by atoms with Crippen LogP contribution in [0.3, 0.4) is 0 Å². The third-order valence-electron chi connectivity index (χ3n) is 6.80. The summed E-state index contributed by atoms with van der Waals surface area (Å²) in [5.74, 6) is 1.72. The third-order valence-corrected chi connectivity index (χ3v) is 7.23. The Morgan fingerprint density at radius 2 is 0.824 bits per heavy atom. The van der Waals surface area contributed by atoms with Gasteiger partial charge in [0.25, 0.3) is 0 Å². The number of aryl methyl sites for hydroxylation is 2. The van der Waals surface area contributed by atoms with E-state index in [1.54, 1.807) is 0 Å². The van der Waals surface area contributed by atoms with Crippen LogP contribution in [0, 0.1) is 13.8 Å². The van der Waals surface area contributed by atoms with Crippen molar-refractivity contribution in [3.05, 3.63) is 68.8 Å². The Bertz CT molecular complexity index is 826. The van der Waals surface area contributed by atoms with Crippen LogP contribution < -0.4 is 11.5 Å². The molecule has 0 radical (unpaired) electrons. The van der Waals surface area contributed by atoms with Gasteiger partial charge in [-0.2, -0.15) is 0 Å². The third kappa shape index (κ3) is 6.95. The first-order valence-electron chi connectivity index (χ1n) is 12.9. The van der Waals surface area contributed by atoms with Crippen LogP contribution >= 0.6 is 0 Å². The van der Waals surface area contributed by atoms with Gasteiger partial charge in [-0.1, -0.05) is 0 Å². The Balaban J connectivity index is 2.35. The maximum atomic E-state index is 6.90.